The third kappa shape index (κ3) is 3.46. The molecule has 5 heteroatoms. The van der Waals surface area contributed by atoms with E-state index >= 15 is 0 Å². The van der Waals surface area contributed by atoms with Crippen LogP contribution in [0.2, 0.25) is 0 Å². The number of esters is 1. The number of allylic oxidation sites excluding steroid dienone is 1. The monoisotopic (exact) mass is 418 g/mol. The molecule has 168 valence electrons. The van der Waals surface area contributed by atoms with Crippen LogP contribution in [-0.4, -0.2) is 28.7 Å². The molecule has 0 radical (unpaired) electrons. The number of rotatable bonds is 4. The Morgan fingerprint density at radius 2 is 1.90 bits per heavy atom. The molecule has 0 amide bonds. The fraction of sp³-hybridized carbons (Fsp3) is 0.840. The maximum Gasteiger partial charge on any atom is 0.302 e. The van der Waals surface area contributed by atoms with Gasteiger partial charge in [-0.25, -0.2) is 4.89 Å². The summed E-state index contributed by atoms with van der Waals surface area (Å²) in [5.41, 5.74) is 2.03. The fourth-order valence-corrected chi connectivity index (χ4v) is 7.72. The Kier molecular flexibility index (Phi) is 5.46. The van der Waals surface area contributed by atoms with Gasteiger partial charge in [0.2, 0.25) is 0 Å². The van der Waals surface area contributed by atoms with Crippen LogP contribution in [0.1, 0.15) is 92.4 Å². The minimum absolute atomic E-state index is 0.0281. The largest absolute Gasteiger partial charge is 0.463 e. The molecule has 0 heterocycles. The van der Waals surface area contributed by atoms with E-state index in [-0.39, 0.29) is 22.9 Å². The van der Waals surface area contributed by atoms with Crippen molar-refractivity contribution < 1.29 is 24.5 Å². The van der Waals surface area contributed by atoms with Gasteiger partial charge in [0, 0.05) is 25.2 Å². The van der Waals surface area contributed by atoms with Crippen LogP contribution in [-0.2, 0) is 19.2 Å². The average molecular weight is 419 g/mol. The number of fused-ring (bicyclic) bond motifs is 5. The second-order valence-electron chi connectivity index (χ2n) is 11.5. The number of carbonyl (C=O) groups excluding carboxylic acids is 2. The van der Waals surface area contributed by atoms with Crippen LogP contribution in [0.4, 0.5) is 0 Å². The summed E-state index contributed by atoms with van der Waals surface area (Å²) in [5.74, 6) is 1.61. The Morgan fingerprint density at radius 1 is 1.17 bits per heavy atom. The Bertz CT molecular complexity index is 768. The van der Waals surface area contributed by atoms with Gasteiger partial charge in [0.1, 0.15) is 17.5 Å². The van der Waals surface area contributed by atoms with Crippen LogP contribution in [0.15, 0.2) is 11.1 Å². The molecule has 0 aromatic heterocycles. The second kappa shape index (κ2) is 7.44. The van der Waals surface area contributed by atoms with E-state index in [4.69, 9.17) is 9.62 Å². The SMILES string of the molecule is CC(=O)O[C@@H]1CC[C@]2(C)C3=C(CC(C)(C)OO)C[C@]4(C)C(=O)CC[C@H]4[C@@H]3CC[C@@H]2C1. The Hall–Kier alpha value is -1.20. The van der Waals surface area contributed by atoms with Gasteiger partial charge in [-0.2, -0.15) is 0 Å². The van der Waals surface area contributed by atoms with Crippen LogP contribution in [0.3, 0.4) is 0 Å². The van der Waals surface area contributed by atoms with Crippen molar-refractivity contribution in [2.45, 2.75) is 104 Å². The molecule has 0 saturated heterocycles. The number of carbonyl (C=O) groups is 2. The van der Waals surface area contributed by atoms with Crippen molar-refractivity contribution in [3.63, 3.8) is 0 Å². The number of ketones is 1. The van der Waals surface area contributed by atoms with Gasteiger partial charge in [0.05, 0.1) is 0 Å². The van der Waals surface area contributed by atoms with E-state index in [2.05, 4.69) is 13.8 Å². The lowest BCUT2D eigenvalue weighted by Gasteiger charge is -2.57. The first-order chi connectivity index (χ1) is 14.0. The molecule has 0 bridgehead atoms. The summed E-state index contributed by atoms with van der Waals surface area (Å²) in [4.78, 5) is 29.3. The number of ether oxygens (including phenoxy) is 1. The molecule has 30 heavy (non-hydrogen) atoms. The van der Waals surface area contributed by atoms with Crippen molar-refractivity contribution in [3.05, 3.63) is 11.1 Å². The van der Waals surface area contributed by atoms with Crippen LogP contribution in [0.5, 0.6) is 0 Å². The van der Waals surface area contributed by atoms with Crippen LogP contribution in [0.25, 0.3) is 0 Å². The third-order valence-corrected chi connectivity index (χ3v) is 9.05. The zero-order valence-electron chi connectivity index (χ0n) is 19.3. The van der Waals surface area contributed by atoms with Gasteiger partial charge in [0.25, 0.3) is 0 Å². The van der Waals surface area contributed by atoms with Gasteiger partial charge in [-0.1, -0.05) is 25.0 Å². The van der Waals surface area contributed by atoms with E-state index in [0.717, 1.165) is 44.9 Å². The van der Waals surface area contributed by atoms with E-state index < -0.39 is 5.60 Å². The standard InChI is InChI=1S/C25H38O5/c1-15(26)29-18-10-11-24(4)17(12-18)6-7-19-20-8-9-21(27)25(20,5)14-16(22(19)24)13-23(2,3)30-28/h17-20,28H,6-14H2,1-5H3/t17-,18-,19+,20+,24+,25+/m1/s1. The van der Waals surface area contributed by atoms with Gasteiger partial charge in [0.15, 0.2) is 0 Å². The van der Waals surface area contributed by atoms with Crippen LogP contribution >= 0.6 is 0 Å². The summed E-state index contributed by atoms with van der Waals surface area (Å²) in [5, 5.41) is 9.50. The molecule has 4 aliphatic carbocycles. The fourth-order valence-electron chi connectivity index (χ4n) is 7.72. The zero-order valence-corrected chi connectivity index (χ0v) is 19.3. The molecule has 0 aliphatic heterocycles. The summed E-state index contributed by atoms with van der Waals surface area (Å²) in [7, 11) is 0. The predicted molar refractivity (Wildman–Crippen MR) is 114 cm³/mol. The highest BCUT2D eigenvalue weighted by molar-refractivity contribution is 5.87. The van der Waals surface area contributed by atoms with Crippen LogP contribution < -0.4 is 0 Å². The maximum absolute atomic E-state index is 12.9. The van der Waals surface area contributed by atoms with Crippen molar-refractivity contribution in [2.24, 2.45) is 28.6 Å². The second-order valence-corrected chi connectivity index (χ2v) is 11.5. The molecule has 0 aromatic rings. The summed E-state index contributed by atoms with van der Waals surface area (Å²) < 4.78 is 5.59. The first-order valence-corrected chi connectivity index (χ1v) is 11.8. The average Bonchev–Trinajstić information content (AvgIpc) is 2.95. The normalized spacial score (nSPS) is 41.2. The summed E-state index contributed by atoms with van der Waals surface area (Å²) in [6.07, 6.45) is 8.28. The Morgan fingerprint density at radius 3 is 2.57 bits per heavy atom. The van der Waals surface area contributed by atoms with Gasteiger partial charge < -0.3 is 4.74 Å². The third-order valence-electron chi connectivity index (χ3n) is 9.05. The van der Waals surface area contributed by atoms with Crippen LogP contribution in [0, 0.1) is 28.6 Å². The highest BCUT2D eigenvalue weighted by Gasteiger charge is 2.59. The summed E-state index contributed by atoms with van der Waals surface area (Å²) in [6, 6.07) is 0. The quantitative estimate of drug-likeness (QED) is 0.283. The molecular formula is C25H38O5. The van der Waals surface area contributed by atoms with E-state index in [1.807, 2.05) is 13.8 Å². The lowest BCUT2D eigenvalue weighted by atomic mass is 9.47. The van der Waals surface area contributed by atoms with Gasteiger partial charge >= 0.3 is 5.97 Å². The van der Waals surface area contributed by atoms with Crippen molar-refractivity contribution in [1.29, 1.82) is 0 Å². The minimum Gasteiger partial charge on any atom is -0.463 e. The van der Waals surface area contributed by atoms with Crippen molar-refractivity contribution in [1.82, 2.24) is 0 Å². The molecule has 4 rings (SSSR count). The summed E-state index contributed by atoms with van der Waals surface area (Å²) >= 11 is 0. The highest BCUT2D eigenvalue weighted by Crippen LogP contribution is 2.65. The Balaban J connectivity index is 1.75. The Labute approximate surface area is 180 Å². The lowest BCUT2D eigenvalue weighted by Crippen LogP contribution is -2.50. The predicted octanol–water partition coefficient (Wildman–Crippen LogP) is 5.48. The number of hydrogen-bond acceptors (Lipinski definition) is 5. The number of hydrogen-bond donors (Lipinski definition) is 1. The van der Waals surface area contributed by atoms with E-state index in [9.17, 15) is 14.8 Å². The van der Waals surface area contributed by atoms with Crippen molar-refractivity contribution in [3.8, 4) is 0 Å². The summed E-state index contributed by atoms with van der Waals surface area (Å²) in [6.45, 7) is 9.93. The van der Waals surface area contributed by atoms with Crippen molar-refractivity contribution in [2.75, 3.05) is 0 Å². The molecule has 3 fully saturated rings. The maximum atomic E-state index is 12.9. The molecule has 0 aromatic carbocycles. The van der Waals surface area contributed by atoms with E-state index in [0.29, 0.717) is 36.4 Å². The molecule has 3 saturated carbocycles. The topological polar surface area (TPSA) is 72.8 Å². The number of Topliss-reactive ketones (excluding diaryl/α,β-unsaturated/α-hetero) is 1. The van der Waals surface area contributed by atoms with E-state index in [1.165, 1.54) is 12.5 Å². The molecule has 1 N–H and O–H groups in total. The van der Waals surface area contributed by atoms with E-state index in [1.54, 1.807) is 5.57 Å². The van der Waals surface area contributed by atoms with Gasteiger partial charge in [-0.15, -0.1) is 0 Å². The molecule has 4 aliphatic rings. The minimum atomic E-state index is -0.671. The molecule has 5 nitrogen and oxygen atoms in total. The molecule has 6 atom stereocenters. The highest BCUT2D eigenvalue weighted by atomic mass is 17.1. The van der Waals surface area contributed by atoms with Gasteiger partial charge in [-0.3, -0.25) is 14.8 Å². The van der Waals surface area contributed by atoms with Gasteiger partial charge in [-0.05, 0) is 82.0 Å². The zero-order chi connectivity index (χ0) is 21.9. The van der Waals surface area contributed by atoms with Crippen molar-refractivity contribution >= 4 is 11.8 Å². The first kappa shape index (κ1) is 22.0. The lowest BCUT2D eigenvalue weighted by molar-refractivity contribution is -0.312. The molecule has 0 spiro atoms. The first-order valence-electron chi connectivity index (χ1n) is 11.8. The smallest absolute Gasteiger partial charge is 0.302 e. The molecule has 0 unspecified atom stereocenters. The molecular weight excluding hydrogens is 380 g/mol.